The number of nitrogens with zero attached hydrogens (tertiary/aromatic N) is 2. The lowest BCUT2D eigenvalue weighted by molar-refractivity contribution is -0.136. The number of esters is 1. The summed E-state index contributed by atoms with van der Waals surface area (Å²) in [5.74, 6) is 1.38. The van der Waals surface area contributed by atoms with Crippen LogP contribution < -0.4 is 14.8 Å². The van der Waals surface area contributed by atoms with Gasteiger partial charge in [-0.2, -0.15) is 0 Å². The summed E-state index contributed by atoms with van der Waals surface area (Å²) in [6.07, 6.45) is 2.00. The monoisotopic (exact) mass is 463 g/mol. The zero-order valence-corrected chi connectivity index (χ0v) is 19.3. The van der Waals surface area contributed by atoms with Crippen molar-refractivity contribution in [1.29, 1.82) is 0 Å². The van der Waals surface area contributed by atoms with Gasteiger partial charge in [0.05, 0.1) is 0 Å². The van der Waals surface area contributed by atoms with Gasteiger partial charge in [-0.3, -0.25) is 4.40 Å². The van der Waals surface area contributed by atoms with Crippen LogP contribution in [0.2, 0.25) is 0 Å². The van der Waals surface area contributed by atoms with Crippen molar-refractivity contribution >= 4 is 17.4 Å². The third kappa shape index (κ3) is 5.17. The minimum atomic E-state index is -0.486. The maximum absolute atomic E-state index is 12.6. The number of carbonyl (C=O) groups excluding carboxylic acids is 1. The lowest BCUT2D eigenvalue weighted by Crippen LogP contribution is -2.18. The Kier molecular flexibility index (Phi) is 6.44. The molecule has 0 aliphatic rings. The van der Waals surface area contributed by atoms with E-state index in [0.29, 0.717) is 23.7 Å². The van der Waals surface area contributed by atoms with Crippen molar-refractivity contribution in [2.75, 3.05) is 11.9 Å². The average Bonchev–Trinajstić information content (AvgIpc) is 3.25. The first-order valence-corrected chi connectivity index (χ1v) is 11.4. The predicted molar refractivity (Wildman–Crippen MR) is 137 cm³/mol. The van der Waals surface area contributed by atoms with Crippen LogP contribution in [0.25, 0.3) is 16.9 Å². The van der Waals surface area contributed by atoms with E-state index in [2.05, 4.69) is 17.4 Å². The SMILES string of the molecule is Cc1ccn2c(NCc3ccccc3)c(-c3ccccc3OC(=O)COc3ccccc3)nc2c1. The van der Waals surface area contributed by atoms with Gasteiger partial charge in [-0.1, -0.05) is 60.7 Å². The number of ether oxygens (including phenoxy) is 2. The number of benzene rings is 3. The van der Waals surface area contributed by atoms with Crippen LogP contribution in [-0.2, 0) is 11.3 Å². The standard InChI is InChI=1S/C29H25N3O3/c1-21-16-17-32-26(18-21)31-28(29(32)30-19-22-10-4-2-5-11-22)24-14-8-9-15-25(24)35-27(33)20-34-23-12-6-3-7-13-23/h2-18,30H,19-20H2,1H3. The van der Waals surface area contributed by atoms with E-state index in [1.54, 1.807) is 18.2 Å². The number of pyridine rings is 1. The number of rotatable bonds is 8. The van der Waals surface area contributed by atoms with Crippen molar-refractivity contribution in [3.05, 3.63) is 114 Å². The van der Waals surface area contributed by atoms with Gasteiger partial charge < -0.3 is 14.8 Å². The molecule has 174 valence electrons. The molecule has 0 saturated heterocycles. The Morgan fingerprint density at radius 3 is 2.43 bits per heavy atom. The normalized spacial score (nSPS) is 10.8. The van der Waals surface area contributed by atoms with Crippen LogP contribution in [0.1, 0.15) is 11.1 Å². The maximum atomic E-state index is 12.6. The fourth-order valence-corrected chi connectivity index (χ4v) is 3.85. The van der Waals surface area contributed by atoms with Crippen molar-refractivity contribution in [3.63, 3.8) is 0 Å². The second-order valence-electron chi connectivity index (χ2n) is 8.15. The molecular formula is C29H25N3O3. The Morgan fingerprint density at radius 1 is 0.914 bits per heavy atom. The van der Waals surface area contributed by atoms with Crippen LogP contribution in [0.3, 0.4) is 0 Å². The lowest BCUT2D eigenvalue weighted by atomic mass is 10.1. The van der Waals surface area contributed by atoms with E-state index in [-0.39, 0.29) is 6.61 Å². The number of para-hydroxylation sites is 2. The first kappa shape index (κ1) is 22.2. The van der Waals surface area contributed by atoms with Gasteiger partial charge in [0.2, 0.25) is 0 Å². The van der Waals surface area contributed by atoms with Crippen LogP contribution in [0, 0.1) is 6.92 Å². The molecule has 5 rings (SSSR count). The third-order valence-corrected chi connectivity index (χ3v) is 5.55. The summed E-state index contributed by atoms with van der Waals surface area (Å²) in [6, 6.07) is 30.8. The quantitative estimate of drug-likeness (QED) is 0.229. The Morgan fingerprint density at radius 2 is 1.63 bits per heavy atom. The molecular weight excluding hydrogens is 438 g/mol. The number of anilines is 1. The highest BCUT2D eigenvalue weighted by Gasteiger charge is 2.19. The topological polar surface area (TPSA) is 64.9 Å². The Bertz CT molecular complexity index is 1450. The Balaban J connectivity index is 1.45. The van der Waals surface area contributed by atoms with Crippen molar-refractivity contribution in [2.24, 2.45) is 0 Å². The molecule has 1 N–H and O–H groups in total. The van der Waals surface area contributed by atoms with Crippen LogP contribution >= 0.6 is 0 Å². The molecule has 35 heavy (non-hydrogen) atoms. The molecule has 0 unspecified atom stereocenters. The van der Waals surface area contributed by atoms with Gasteiger partial charge in [0.25, 0.3) is 0 Å². The minimum absolute atomic E-state index is 0.193. The smallest absolute Gasteiger partial charge is 0.349 e. The molecule has 2 aromatic heterocycles. The van der Waals surface area contributed by atoms with Crippen LogP contribution in [0.4, 0.5) is 5.82 Å². The molecule has 0 bridgehead atoms. The number of aryl methyl sites for hydroxylation is 1. The Hall–Kier alpha value is -4.58. The molecule has 0 radical (unpaired) electrons. The number of hydrogen-bond acceptors (Lipinski definition) is 5. The molecule has 0 fully saturated rings. The van der Waals surface area contributed by atoms with Gasteiger partial charge in [0, 0.05) is 18.3 Å². The van der Waals surface area contributed by atoms with Gasteiger partial charge >= 0.3 is 5.97 Å². The average molecular weight is 464 g/mol. The van der Waals surface area contributed by atoms with Gasteiger partial charge in [0.15, 0.2) is 6.61 Å². The largest absolute Gasteiger partial charge is 0.482 e. The second kappa shape index (κ2) is 10.1. The van der Waals surface area contributed by atoms with Gasteiger partial charge in [-0.25, -0.2) is 9.78 Å². The Labute approximate surface area is 203 Å². The van der Waals surface area contributed by atoms with Gasteiger partial charge in [0.1, 0.15) is 28.7 Å². The number of fused-ring (bicyclic) bond motifs is 1. The molecule has 5 aromatic rings. The van der Waals surface area contributed by atoms with E-state index >= 15 is 0 Å². The van der Waals surface area contributed by atoms with Crippen molar-refractivity contribution in [3.8, 4) is 22.8 Å². The summed E-state index contributed by atoms with van der Waals surface area (Å²) in [7, 11) is 0. The molecule has 0 aliphatic heterocycles. The van der Waals surface area contributed by atoms with Crippen molar-refractivity contribution in [2.45, 2.75) is 13.5 Å². The molecule has 0 aliphatic carbocycles. The summed E-state index contributed by atoms with van der Waals surface area (Å²) < 4.78 is 13.3. The first-order chi connectivity index (χ1) is 17.2. The molecule has 6 heteroatoms. The number of hydrogen-bond donors (Lipinski definition) is 1. The van der Waals surface area contributed by atoms with E-state index in [1.807, 2.05) is 84.3 Å². The lowest BCUT2D eigenvalue weighted by Gasteiger charge is -2.12. The number of nitrogens with one attached hydrogen (secondary N) is 1. The maximum Gasteiger partial charge on any atom is 0.349 e. The van der Waals surface area contributed by atoms with Crippen molar-refractivity contribution in [1.82, 2.24) is 9.38 Å². The zero-order valence-electron chi connectivity index (χ0n) is 19.3. The molecule has 0 spiro atoms. The summed E-state index contributed by atoms with van der Waals surface area (Å²) in [6.45, 7) is 2.47. The summed E-state index contributed by atoms with van der Waals surface area (Å²) >= 11 is 0. The second-order valence-corrected chi connectivity index (χ2v) is 8.15. The summed E-state index contributed by atoms with van der Waals surface area (Å²) in [4.78, 5) is 17.5. The molecule has 0 atom stereocenters. The molecule has 0 saturated carbocycles. The van der Waals surface area contributed by atoms with Gasteiger partial charge in [-0.15, -0.1) is 0 Å². The number of imidazole rings is 1. The van der Waals surface area contributed by atoms with Crippen molar-refractivity contribution < 1.29 is 14.3 Å². The van der Waals surface area contributed by atoms with Crippen LogP contribution in [0.15, 0.2) is 103 Å². The first-order valence-electron chi connectivity index (χ1n) is 11.4. The van der Waals surface area contributed by atoms with Gasteiger partial charge in [-0.05, 0) is 54.4 Å². The zero-order chi connectivity index (χ0) is 24.0. The predicted octanol–water partition coefficient (Wildman–Crippen LogP) is 5.91. The van der Waals surface area contributed by atoms with E-state index in [1.165, 1.54) is 0 Å². The van der Waals surface area contributed by atoms with E-state index in [0.717, 1.165) is 28.2 Å². The van der Waals surface area contributed by atoms with Crippen LogP contribution in [0.5, 0.6) is 11.5 Å². The minimum Gasteiger partial charge on any atom is -0.482 e. The summed E-state index contributed by atoms with van der Waals surface area (Å²) in [5.41, 5.74) is 4.50. The fraction of sp³-hybridized carbons (Fsp3) is 0.103. The molecule has 0 amide bonds. The van der Waals surface area contributed by atoms with E-state index in [9.17, 15) is 4.79 Å². The van der Waals surface area contributed by atoms with E-state index < -0.39 is 5.97 Å². The summed E-state index contributed by atoms with van der Waals surface area (Å²) in [5, 5.41) is 3.53. The molecule has 3 aromatic carbocycles. The fourth-order valence-electron chi connectivity index (χ4n) is 3.85. The van der Waals surface area contributed by atoms with Crippen LogP contribution in [-0.4, -0.2) is 22.0 Å². The number of aromatic nitrogens is 2. The highest BCUT2D eigenvalue weighted by Crippen LogP contribution is 2.35. The van der Waals surface area contributed by atoms with E-state index in [4.69, 9.17) is 14.5 Å². The number of carbonyl (C=O) groups is 1. The highest BCUT2D eigenvalue weighted by atomic mass is 16.6. The molecule has 6 nitrogen and oxygen atoms in total. The molecule has 2 heterocycles. The highest BCUT2D eigenvalue weighted by molar-refractivity contribution is 5.83. The third-order valence-electron chi connectivity index (χ3n) is 5.55.